The van der Waals surface area contributed by atoms with Gasteiger partial charge in [-0.3, -0.25) is 4.90 Å². The highest BCUT2D eigenvalue weighted by molar-refractivity contribution is 7.93. The van der Waals surface area contributed by atoms with E-state index in [4.69, 9.17) is 14.0 Å². The number of hydrogen-bond acceptors (Lipinski definition) is 5. The van der Waals surface area contributed by atoms with E-state index in [2.05, 4.69) is 0 Å². The summed E-state index contributed by atoms with van der Waals surface area (Å²) < 4.78 is 24.1. The smallest absolute Gasteiger partial charge is 0.166 e. The molecule has 0 spiro atoms. The molecule has 1 aromatic carbocycles. The predicted octanol–water partition coefficient (Wildman–Crippen LogP) is 3.35. The summed E-state index contributed by atoms with van der Waals surface area (Å²) >= 11 is 1.13. The number of halogens is 1. The van der Waals surface area contributed by atoms with Crippen molar-refractivity contribution in [1.29, 1.82) is 0 Å². The van der Waals surface area contributed by atoms with Gasteiger partial charge in [-0.05, 0) is 38.6 Å². The van der Waals surface area contributed by atoms with Gasteiger partial charge in [-0.15, -0.1) is 4.33 Å². The monoisotopic (exact) mass is 301 g/mol. The topological polar surface area (TPSA) is 30.9 Å². The van der Waals surface area contributed by atoms with Crippen molar-refractivity contribution in [2.24, 2.45) is 0 Å². The molecule has 0 bridgehead atoms. The van der Waals surface area contributed by atoms with Crippen LogP contribution in [0.1, 0.15) is 25.5 Å². The van der Waals surface area contributed by atoms with Crippen molar-refractivity contribution in [2.75, 3.05) is 20.0 Å². The Labute approximate surface area is 123 Å². The van der Waals surface area contributed by atoms with Crippen LogP contribution in [0.3, 0.4) is 0 Å². The van der Waals surface area contributed by atoms with Gasteiger partial charge in [0.25, 0.3) is 0 Å². The Morgan fingerprint density at radius 1 is 1.35 bits per heavy atom. The molecule has 1 heterocycles. The van der Waals surface area contributed by atoms with Crippen molar-refractivity contribution in [3.8, 4) is 5.75 Å². The molecule has 0 aromatic heterocycles. The number of rotatable bonds is 5. The number of alkyl halides is 1. The fourth-order valence-corrected chi connectivity index (χ4v) is 2.48. The Hall–Kier alpha value is -0.820. The number of ether oxygens (including phenoxy) is 1. The van der Waals surface area contributed by atoms with E-state index in [0.717, 1.165) is 17.6 Å². The maximum atomic E-state index is 13.3. The van der Waals surface area contributed by atoms with Gasteiger partial charge in [0.05, 0.1) is 6.04 Å². The molecule has 1 aromatic rings. The van der Waals surface area contributed by atoms with Crippen LogP contribution in [-0.4, -0.2) is 36.6 Å². The second-order valence-corrected chi connectivity index (χ2v) is 5.67. The zero-order chi connectivity index (χ0) is 14.8. The fraction of sp³-hybridized carbons (Fsp3) is 0.571. The normalized spacial score (nSPS) is 25.9. The number of nitrogens with zero attached hydrogens (tertiary/aromatic N) is 1. The third-order valence-corrected chi connectivity index (χ3v) is 3.88. The lowest BCUT2D eigenvalue weighted by Crippen LogP contribution is -2.41. The van der Waals surface area contributed by atoms with Crippen LogP contribution in [0.4, 0.5) is 4.39 Å². The first-order valence-corrected chi connectivity index (χ1v) is 7.58. The molecule has 0 unspecified atom stereocenters. The lowest BCUT2D eigenvalue weighted by Gasteiger charge is -2.28. The van der Waals surface area contributed by atoms with Gasteiger partial charge in [0, 0.05) is 18.3 Å². The van der Waals surface area contributed by atoms with Crippen LogP contribution >= 0.6 is 12.0 Å². The van der Waals surface area contributed by atoms with E-state index in [1.165, 1.54) is 0 Å². The third kappa shape index (κ3) is 3.09. The van der Waals surface area contributed by atoms with Gasteiger partial charge in [0.15, 0.2) is 5.75 Å². The predicted molar refractivity (Wildman–Crippen MR) is 77.1 cm³/mol. The Bertz CT molecular complexity index is 441. The summed E-state index contributed by atoms with van der Waals surface area (Å²) in [5, 5.41) is 0. The highest BCUT2D eigenvalue weighted by Gasteiger charge is 2.45. The highest BCUT2D eigenvalue weighted by atomic mass is 32.2. The van der Waals surface area contributed by atoms with E-state index in [1.54, 1.807) is 18.4 Å². The summed E-state index contributed by atoms with van der Waals surface area (Å²) in [5.41, 5.74) is 0.458. The van der Waals surface area contributed by atoms with Crippen molar-refractivity contribution in [3.63, 3.8) is 0 Å². The maximum absolute atomic E-state index is 13.3. The Balaban J connectivity index is 2.14. The average molecular weight is 301 g/mol. The molecule has 0 N–H and O–H groups in total. The van der Waals surface area contributed by atoms with Gasteiger partial charge < -0.3 is 9.62 Å². The van der Waals surface area contributed by atoms with Crippen LogP contribution in [0.2, 0.25) is 0 Å². The molecule has 0 aliphatic carbocycles. The minimum atomic E-state index is -0.474. The van der Waals surface area contributed by atoms with E-state index < -0.39 is 12.4 Å². The summed E-state index contributed by atoms with van der Waals surface area (Å²) in [6.07, 6.45) is 1.49. The minimum absolute atomic E-state index is 0.279. The van der Waals surface area contributed by atoms with Crippen molar-refractivity contribution in [1.82, 2.24) is 4.90 Å². The molecule has 4 nitrogen and oxygen atoms in total. The molecule has 0 saturated carbocycles. The van der Waals surface area contributed by atoms with Crippen LogP contribution < -0.4 is 4.89 Å². The van der Waals surface area contributed by atoms with E-state index >= 15 is 0 Å². The first-order valence-electron chi connectivity index (χ1n) is 6.43. The summed E-state index contributed by atoms with van der Waals surface area (Å²) in [5.74, 6) is 0.602. The third-order valence-electron chi connectivity index (χ3n) is 3.68. The van der Waals surface area contributed by atoms with Crippen molar-refractivity contribution in [3.05, 3.63) is 29.8 Å². The zero-order valence-corrected chi connectivity index (χ0v) is 12.9. The van der Waals surface area contributed by atoms with Gasteiger partial charge in [0.2, 0.25) is 0 Å². The average Bonchev–Trinajstić information content (AvgIpc) is 2.67. The highest BCUT2D eigenvalue weighted by Crippen LogP contribution is 2.40. The summed E-state index contributed by atoms with van der Waals surface area (Å²) in [6, 6.07) is 7.05. The lowest BCUT2D eigenvalue weighted by atomic mass is 10.0. The quantitative estimate of drug-likeness (QED) is 0.473. The molecule has 1 aliphatic heterocycles. The van der Waals surface area contributed by atoms with Gasteiger partial charge in [0.1, 0.15) is 18.5 Å². The summed E-state index contributed by atoms with van der Waals surface area (Å²) in [4.78, 5) is 6.96. The summed E-state index contributed by atoms with van der Waals surface area (Å²) in [6.45, 7) is 3.44. The molecule has 112 valence electrons. The number of benzene rings is 1. The van der Waals surface area contributed by atoms with Crippen LogP contribution in [0, 0.1) is 0 Å². The first-order chi connectivity index (χ1) is 9.49. The molecular weight excluding hydrogens is 281 g/mol. The summed E-state index contributed by atoms with van der Waals surface area (Å²) in [7, 11) is 1.88. The van der Waals surface area contributed by atoms with E-state index in [1.807, 2.05) is 37.9 Å². The SMILES string of the molecule is CSOOc1ccc([C@H]2OC(C)(C)N(C)[C@@H]2CF)cc1. The Morgan fingerprint density at radius 3 is 2.55 bits per heavy atom. The number of hydrogen-bond donors (Lipinski definition) is 0. The van der Waals surface area contributed by atoms with Crippen molar-refractivity contribution >= 4 is 12.0 Å². The molecule has 1 fully saturated rings. The lowest BCUT2D eigenvalue weighted by molar-refractivity contribution is -0.0774. The standard InChI is InChI=1S/C14H20FNO3S/c1-14(2)16(3)12(9-15)13(17-14)10-5-7-11(8-6-10)18-19-20-4/h5-8,12-13H,9H2,1-4H3/t12-,13-/m1/s1. The van der Waals surface area contributed by atoms with Crippen molar-refractivity contribution in [2.45, 2.75) is 31.7 Å². The van der Waals surface area contributed by atoms with Crippen LogP contribution in [-0.2, 0) is 9.07 Å². The molecule has 0 radical (unpaired) electrons. The van der Waals surface area contributed by atoms with E-state index in [0.29, 0.717) is 5.75 Å². The van der Waals surface area contributed by atoms with Crippen molar-refractivity contribution < 1.29 is 18.3 Å². The molecule has 2 rings (SSSR count). The zero-order valence-electron chi connectivity index (χ0n) is 12.1. The maximum Gasteiger partial charge on any atom is 0.166 e. The minimum Gasteiger partial charge on any atom is -0.351 e. The second kappa shape index (κ2) is 6.30. The molecule has 20 heavy (non-hydrogen) atoms. The number of likely N-dealkylation sites (N-methyl/N-ethyl adjacent to an activating group) is 1. The second-order valence-electron chi connectivity index (χ2n) is 5.20. The van der Waals surface area contributed by atoms with Gasteiger partial charge in [-0.25, -0.2) is 4.39 Å². The van der Waals surface area contributed by atoms with Crippen LogP contribution in [0.25, 0.3) is 0 Å². The van der Waals surface area contributed by atoms with Gasteiger partial charge >= 0.3 is 0 Å². The molecule has 1 aliphatic rings. The van der Waals surface area contributed by atoms with Crippen LogP contribution in [0.15, 0.2) is 24.3 Å². The molecule has 0 amide bonds. The van der Waals surface area contributed by atoms with Crippen LogP contribution in [0.5, 0.6) is 5.75 Å². The Kier molecular flexibility index (Phi) is 4.90. The molecule has 2 atom stereocenters. The largest absolute Gasteiger partial charge is 0.351 e. The van der Waals surface area contributed by atoms with E-state index in [9.17, 15) is 4.39 Å². The molecule has 6 heteroatoms. The van der Waals surface area contributed by atoms with Gasteiger partial charge in [-0.1, -0.05) is 12.1 Å². The Morgan fingerprint density at radius 2 is 2.00 bits per heavy atom. The molecule has 1 saturated heterocycles. The van der Waals surface area contributed by atoms with Gasteiger partial charge in [-0.2, -0.15) is 0 Å². The fourth-order valence-electron chi connectivity index (χ4n) is 2.34. The van der Waals surface area contributed by atoms with E-state index in [-0.39, 0.29) is 12.1 Å². The first kappa shape index (κ1) is 15.6. The molecular formula is C14H20FNO3S.